The lowest BCUT2D eigenvalue weighted by molar-refractivity contribution is 0.0506. The molecule has 2 amide bonds. The minimum absolute atomic E-state index is 0.0266. The summed E-state index contributed by atoms with van der Waals surface area (Å²) in [5, 5.41) is 2.92. The minimum atomic E-state index is -0.601. The van der Waals surface area contributed by atoms with Crippen LogP contribution in [0.5, 0.6) is 17.2 Å². The van der Waals surface area contributed by atoms with Crippen LogP contribution in [-0.4, -0.2) is 50.2 Å². The highest BCUT2D eigenvalue weighted by atomic mass is 32.1. The van der Waals surface area contributed by atoms with Gasteiger partial charge in [0.05, 0.1) is 17.0 Å². The van der Waals surface area contributed by atoms with Gasteiger partial charge in [0.25, 0.3) is 11.8 Å². The predicted octanol–water partition coefficient (Wildman–Crippen LogP) is 4.48. The second-order valence-corrected chi connectivity index (χ2v) is 9.14. The van der Waals surface area contributed by atoms with Crippen molar-refractivity contribution in [1.82, 2.24) is 4.90 Å². The highest BCUT2D eigenvalue weighted by molar-refractivity contribution is 7.18. The van der Waals surface area contributed by atoms with Gasteiger partial charge in [-0.25, -0.2) is 4.79 Å². The molecule has 0 saturated heterocycles. The maximum Gasteiger partial charge on any atom is 0.341 e. The average Bonchev–Trinajstić information content (AvgIpc) is 3.59. The van der Waals surface area contributed by atoms with E-state index in [2.05, 4.69) is 5.32 Å². The Kier molecular flexibility index (Phi) is 7.49. The molecule has 190 valence electrons. The van der Waals surface area contributed by atoms with Crippen molar-refractivity contribution in [3.63, 3.8) is 0 Å². The molecular weight excluding hydrogens is 488 g/mol. The second kappa shape index (κ2) is 10.7. The number of furan rings is 1. The van der Waals surface area contributed by atoms with Crippen LogP contribution in [-0.2, 0) is 11.3 Å². The SMILES string of the molecule is CCCOC(=O)c1c(NC(=O)c2ccc(COc3ccc4c(c3)OCO4)o2)sc(C(=O)N(C)C)c1C. The fourth-order valence-corrected chi connectivity index (χ4v) is 4.60. The minimum Gasteiger partial charge on any atom is -0.486 e. The molecule has 0 fully saturated rings. The number of hydrogen-bond donors (Lipinski definition) is 1. The van der Waals surface area contributed by atoms with E-state index in [-0.39, 0.29) is 42.2 Å². The summed E-state index contributed by atoms with van der Waals surface area (Å²) in [7, 11) is 3.23. The van der Waals surface area contributed by atoms with Gasteiger partial charge in [-0.05, 0) is 43.2 Å². The largest absolute Gasteiger partial charge is 0.486 e. The lowest BCUT2D eigenvalue weighted by Crippen LogP contribution is -2.21. The van der Waals surface area contributed by atoms with Crippen molar-refractivity contribution in [3.05, 3.63) is 57.9 Å². The quantitative estimate of drug-likeness (QED) is 0.416. The maximum atomic E-state index is 12.9. The van der Waals surface area contributed by atoms with Crippen LogP contribution in [0.4, 0.5) is 5.00 Å². The number of benzene rings is 1. The van der Waals surface area contributed by atoms with Gasteiger partial charge < -0.3 is 33.6 Å². The van der Waals surface area contributed by atoms with Crippen LogP contribution >= 0.6 is 11.3 Å². The summed E-state index contributed by atoms with van der Waals surface area (Å²) in [6.07, 6.45) is 0.642. The Morgan fingerprint density at radius 3 is 2.64 bits per heavy atom. The first kappa shape index (κ1) is 25.1. The van der Waals surface area contributed by atoms with Crippen LogP contribution in [0.3, 0.4) is 0 Å². The fourth-order valence-electron chi connectivity index (χ4n) is 3.38. The molecule has 1 N–H and O–H groups in total. The molecule has 4 rings (SSSR count). The molecule has 1 aromatic carbocycles. The summed E-state index contributed by atoms with van der Waals surface area (Å²) in [5.74, 6) is 0.808. The number of ether oxygens (including phenoxy) is 4. The van der Waals surface area contributed by atoms with E-state index in [1.807, 2.05) is 6.92 Å². The lowest BCUT2D eigenvalue weighted by Gasteiger charge is -2.09. The van der Waals surface area contributed by atoms with Crippen LogP contribution < -0.4 is 19.5 Å². The first-order valence-electron chi connectivity index (χ1n) is 11.2. The Morgan fingerprint density at radius 2 is 1.89 bits per heavy atom. The Morgan fingerprint density at radius 1 is 1.11 bits per heavy atom. The van der Waals surface area contributed by atoms with Gasteiger partial charge in [-0.1, -0.05) is 6.92 Å². The van der Waals surface area contributed by atoms with E-state index in [9.17, 15) is 14.4 Å². The van der Waals surface area contributed by atoms with Gasteiger partial charge in [0.2, 0.25) is 6.79 Å². The predicted molar refractivity (Wildman–Crippen MR) is 131 cm³/mol. The van der Waals surface area contributed by atoms with Crippen LogP contribution in [0.2, 0.25) is 0 Å². The normalized spacial score (nSPS) is 11.8. The number of rotatable bonds is 9. The molecule has 3 aromatic rings. The van der Waals surface area contributed by atoms with Crippen molar-refractivity contribution < 1.29 is 37.7 Å². The second-order valence-electron chi connectivity index (χ2n) is 8.12. The molecule has 0 bridgehead atoms. The van der Waals surface area contributed by atoms with Crippen molar-refractivity contribution in [1.29, 1.82) is 0 Å². The van der Waals surface area contributed by atoms with E-state index in [4.69, 9.17) is 23.4 Å². The van der Waals surface area contributed by atoms with Gasteiger partial charge in [-0.15, -0.1) is 11.3 Å². The maximum absolute atomic E-state index is 12.9. The van der Waals surface area contributed by atoms with Crippen molar-refractivity contribution in [2.24, 2.45) is 0 Å². The summed E-state index contributed by atoms with van der Waals surface area (Å²) in [5.41, 5.74) is 0.609. The van der Waals surface area contributed by atoms with Crippen LogP contribution in [0.25, 0.3) is 0 Å². The number of carbonyl (C=O) groups is 3. The molecule has 3 heterocycles. The van der Waals surface area contributed by atoms with Gasteiger partial charge in [-0.3, -0.25) is 9.59 Å². The topological polar surface area (TPSA) is 117 Å². The summed E-state index contributed by atoms with van der Waals surface area (Å²) in [4.78, 5) is 40.0. The van der Waals surface area contributed by atoms with E-state index in [1.165, 1.54) is 11.0 Å². The molecule has 1 aliphatic heterocycles. The van der Waals surface area contributed by atoms with Crippen molar-refractivity contribution >= 4 is 34.1 Å². The average molecular weight is 515 g/mol. The third kappa shape index (κ3) is 5.30. The summed E-state index contributed by atoms with van der Waals surface area (Å²) >= 11 is 1.02. The summed E-state index contributed by atoms with van der Waals surface area (Å²) in [6.45, 7) is 4.01. The standard InChI is InChI=1S/C25H26N2O8S/c1-5-10-31-25(30)20-14(2)21(24(29)27(3)4)36-23(20)26-22(28)18-9-7-16(35-18)12-32-15-6-8-17-19(11-15)34-13-33-17/h6-9,11H,5,10,12-13H2,1-4H3,(H,26,28). The number of anilines is 1. The number of esters is 1. The summed E-state index contributed by atoms with van der Waals surface area (Å²) < 4.78 is 27.3. The third-order valence-electron chi connectivity index (χ3n) is 5.23. The Hall–Kier alpha value is -3.99. The third-order valence-corrected chi connectivity index (χ3v) is 6.42. The number of amides is 2. The zero-order valence-corrected chi connectivity index (χ0v) is 21.2. The summed E-state index contributed by atoms with van der Waals surface area (Å²) in [6, 6.07) is 8.34. The van der Waals surface area contributed by atoms with E-state index < -0.39 is 11.9 Å². The monoisotopic (exact) mass is 514 g/mol. The Labute approximate surface area is 211 Å². The molecule has 36 heavy (non-hydrogen) atoms. The Bertz CT molecular complexity index is 1290. The van der Waals surface area contributed by atoms with Crippen molar-refractivity contribution in [2.75, 3.05) is 32.8 Å². The molecule has 2 aromatic heterocycles. The van der Waals surface area contributed by atoms with E-state index in [0.717, 1.165) is 11.3 Å². The molecule has 0 aliphatic carbocycles. The first-order chi connectivity index (χ1) is 17.3. The van der Waals surface area contributed by atoms with Crippen molar-refractivity contribution in [2.45, 2.75) is 26.9 Å². The highest BCUT2D eigenvalue weighted by Crippen LogP contribution is 2.36. The number of thiophene rings is 1. The molecule has 1 aliphatic rings. The molecule has 0 spiro atoms. The van der Waals surface area contributed by atoms with Crippen molar-refractivity contribution in [3.8, 4) is 17.2 Å². The molecular formula is C25H26N2O8S. The molecule has 10 nitrogen and oxygen atoms in total. The molecule has 11 heteroatoms. The van der Waals surface area contributed by atoms with Gasteiger partial charge in [0.1, 0.15) is 23.1 Å². The first-order valence-corrected chi connectivity index (χ1v) is 12.0. The number of carbonyl (C=O) groups excluding carboxylic acids is 3. The zero-order chi connectivity index (χ0) is 25.8. The van der Waals surface area contributed by atoms with Gasteiger partial charge in [0.15, 0.2) is 17.3 Å². The molecule has 0 unspecified atom stereocenters. The van der Waals surface area contributed by atoms with E-state index in [1.54, 1.807) is 45.3 Å². The molecule has 0 atom stereocenters. The number of hydrogen-bond acceptors (Lipinski definition) is 9. The highest BCUT2D eigenvalue weighted by Gasteiger charge is 2.28. The number of nitrogens with zero attached hydrogens (tertiary/aromatic N) is 1. The lowest BCUT2D eigenvalue weighted by atomic mass is 10.1. The van der Waals surface area contributed by atoms with Crippen LogP contribution in [0, 0.1) is 6.92 Å². The van der Waals surface area contributed by atoms with E-state index >= 15 is 0 Å². The number of fused-ring (bicyclic) bond motifs is 1. The number of nitrogens with one attached hydrogen (secondary N) is 1. The fraction of sp³-hybridized carbons (Fsp3) is 0.320. The van der Waals surface area contributed by atoms with Crippen LogP contribution in [0.15, 0.2) is 34.7 Å². The zero-order valence-electron chi connectivity index (χ0n) is 20.3. The van der Waals surface area contributed by atoms with E-state index in [0.29, 0.717) is 39.9 Å². The van der Waals surface area contributed by atoms with Crippen LogP contribution in [0.1, 0.15) is 55.3 Å². The molecule has 0 radical (unpaired) electrons. The van der Waals surface area contributed by atoms with Gasteiger partial charge in [-0.2, -0.15) is 0 Å². The smallest absolute Gasteiger partial charge is 0.341 e. The Balaban J connectivity index is 1.48. The molecule has 0 saturated carbocycles. The van der Waals surface area contributed by atoms with Gasteiger partial charge >= 0.3 is 5.97 Å². The van der Waals surface area contributed by atoms with Gasteiger partial charge in [0, 0.05) is 20.2 Å².